The molecular formula is C28H35N5O6. The van der Waals surface area contributed by atoms with Gasteiger partial charge in [-0.2, -0.15) is 0 Å². The summed E-state index contributed by atoms with van der Waals surface area (Å²) >= 11 is 0. The molecule has 0 fully saturated rings. The van der Waals surface area contributed by atoms with Gasteiger partial charge in [0.1, 0.15) is 23.9 Å². The first kappa shape index (κ1) is 29.2. The van der Waals surface area contributed by atoms with Crippen molar-refractivity contribution in [2.24, 2.45) is 11.7 Å². The Morgan fingerprint density at radius 2 is 1.51 bits per heavy atom. The van der Waals surface area contributed by atoms with E-state index in [-0.39, 0.29) is 31.1 Å². The molecule has 3 rings (SSSR count). The fraction of sp³-hybridized carbons (Fsp3) is 0.357. The summed E-state index contributed by atoms with van der Waals surface area (Å²) in [5.41, 5.74) is 7.62. The number of amides is 3. The number of carbonyl (C=O) groups is 4. The average molecular weight is 538 g/mol. The number of carboxylic acids is 1. The van der Waals surface area contributed by atoms with Crippen molar-refractivity contribution in [2.75, 3.05) is 6.54 Å². The van der Waals surface area contributed by atoms with Gasteiger partial charge in [-0.15, -0.1) is 0 Å². The molecule has 208 valence electrons. The molecule has 1 heterocycles. The molecule has 3 unspecified atom stereocenters. The molecule has 1 aromatic heterocycles. The van der Waals surface area contributed by atoms with Crippen LogP contribution in [-0.2, 0) is 32.0 Å². The van der Waals surface area contributed by atoms with Crippen LogP contribution < -0.4 is 21.7 Å². The van der Waals surface area contributed by atoms with Gasteiger partial charge in [-0.25, -0.2) is 4.79 Å². The molecule has 0 bridgehead atoms. The van der Waals surface area contributed by atoms with Gasteiger partial charge in [0.15, 0.2) is 0 Å². The molecule has 0 spiro atoms. The Kier molecular flexibility index (Phi) is 10.0. The van der Waals surface area contributed by atoms with Gasteiger partial charge in [0.05, 0.1) is 6.54 Å². The van der Waals surface area contributed by atoms with Crippen LogP contribution in [0, 0.1) is 5.92 Å². The zero-order valence-electron chi connectivity index (χ0n) is 21.9. The van der Waals surface area contributed by atoms with E-state index in [1.807, 2.05) is 38.1 Å². The number of aromatic nitrogens is 1. The molecule has 0 saturated carbocycles. The molecule has 39 heavy (non-hydrogen) atoms. The Morgan fingerprint density at radius 3 is 2.15 bits per heavy atom. The van der Waals surface area contributed by atoms with E-state index in [1.165, 1.54) is 12.1 Å². The number of fused-ring (bicyclic) bond motifs is 1. The Labute approximate surface area is 226 Å². The van der Waals surface area contributed by atoms with Gasteiger partial charge < -0.3 is 36.9 Å². The molecule has 3 atom stereocenters. The maximum Gasteiger partial charge on any atom is 0.326 e. The maximum absolute atomic E-state index is 13.5. The number of nitrogens with one attached hydrogen (secondary N) is 4. The largest absolute Gasteiger partial charge is 0.508 e. The molecule has 0 aliphatic heterocycles. The lowest BCUT2D eigenvalue weighted by Gasteiger charge is -2.25. The monoisotopic (exact) mass is 537 g/mol. The van der Waals surface area contributed by atoms with Crippen LogP contribution in [0.3, 0.4) is 0 Å². The van der Waals surface area contributed by atoms with Crippen LogP contribution in [0.2, 0.25) is 0 Å². The smallest absolute Gasteiger partial charge is 0.326 e. The van der Waals surface area contributed by atoms with Crippen molar-refractivity contribution < 1.29 is 29.4 Å². The summed E-state index contributed by atoms with van der Waals surface area (Å²) in [5.74, 6) is -2.92. The molecule has 3 amide bonds. The summed E-state index contributed by atoms with van der Waals surface area (Å²) in [6, 6.07) is 10.1. The first-order valence-corrected chi connectivity index (χ1v) is 12.7. The number of phenolic OH excluding ortho intramolecular Hbond substituents is 1. The van der Waals surface area contributed by atoms with Crippen LogP contribution in [0.15, 0.2) is 54.7 Å². The van der Waals surface area contributed by atoms with Crippen molar-refractivity contribution in [1.82, 2.24) is 20.9 Å². The molecular weight excluding hydrogens is 502 g/mol. The number of benzene rings is 2. The number of aliphatic carboxylic acids is 1. The predicted molar refractivity (Wildman–Crippen MR) is 146 cm³/mol. The highest BCUT2D eigenvalue weighted by Crippen LogP contribution is 2.20. The first-order valence-electron chi connectivity index (χ1n) is 12.7. The minimum atomic E-state index is -1.28. The van der Waals surface area contributed by atoms with E-state index in [9.17, 15) is 29.4 Å². The molecule has 3 aromatic rings. The van der Waals surface area contributed by atoms with Crippen LogP contribution >= 0.6 is 0 Å². The summed E-state index contributed by atoms with van der Waals surface area (Å²) in [6.45, 7) is 3.50. The van der Waals surface area contributed by atoms with Crippen LogP contribution in [0.25, 0.3) is 10.9 Å². The summed E-state index contributed by atoms with van der Waals surface area (Å²) in [5, 5.41) is 28.0. The van der Waals surface area contributed by atoms with E-state index in [2.05, 4.69) is 20.9 Å². The summed E-state index contributed by atoms with van der Waals surface area (Å²) in [4.78, 5) is 53.9. The normalized spacial score (nSPS) is 13.4. The quantitative estimate of drug-likeness (QED) is 0.171. The zero-order valence-corrected chi connectivity index (χ0v) is 21.9. The number of carbonyl (C=O) groups excluding carboxylic acids is 3. The molecule has 0 saturated heterocycles. The highest BCUT2D eigenvalue weighted by Gasteiger charge is 2.30. The number of rotatable bonds is 13. The molecule has 8 N–H and O–H groups in total. The second kappa shape index (κ2) is 13.4. The van der Waals surface area contributed by atoms with E-state index in [4.69, 9.17) is 5.73 Å². The van der Waals surface area contributed by atoms with Gasteiger partial charge in [0.2, 0.25) is 17.7 Å². The number of H-pyrrole nitrogens is 1. The SMILES string of the molecule is CC(C)CC(NC(=O)CN)C(=O)NC(Cc1c[nH]c2ccccc12)C(=O)NC(Cc1ccc(O)cc1)C(=O)O. The van der Waals surface area contributed by atoms with Crippen LogP contribution in [-0.4, -0.2) is 63.6 Å². The lowest BCUT2D eigenvalue weighted by Crippen LogP contribution is -2.57. The number of aromatic hydroxyl groups is 1. The highest BCUT2D eigenvalue weighted by atomic mass is 16.4. The fourth-order valence-corrected chi connectivity index (χ4v) is 4.30. The molecule has 0 aliphatic rings. The van der Waals surface area contributed by atoms with Gasteiger partial charge in [0.25, 0.3) is 0 Å². The van der Waals surface area contributed by atoms with Crippen LogP contribution in [0.1, 0.15) is 31.4 Å². The van der Waals surface area contributed by atoms with Crippen molar-refractivity contribution in [3.8, 4) is 5.75 Å². The predicted octanol–water partition coefficient (Wildman–Crippen LogP) is 1.20. The first-order chi connectivity index (χ1) is 18.6. The number of phenols is 1. The van der Waals surface area contributed by atoms with Crippen molar-refractivity contribution in [3.63, 3.8) is 0 Å². The van der Waals surface area contributed by atoms with Crippen molar-refractivity contribution in [1.29, 1.82) is 0 Å². The number of aromatic amines is 1. The van der Waals surface area contributed by atoms with Crippen LogP contribution in [0.4, 0.5) is 0 Å². The standard InChI is InChI=1S/C28H35N5O6/c1-16(2)11-22(31-25(35)14-29)26(36)32-23(13-18-15-30-21-6-4-3-5-20(18)21)27(37)33-24(28(38)39)12-17-7-9-19(34)10-8-17/h3-10,15-16,22-24,30,34H,11-14,29H2,1-2H3,(H,31,35)(H,32,36)(H,33,37)(H,38,39). The maximum atomic E-state index is 13.5. The Balaban J connectivity index is 1.86. The average Bonchev–Trinajstić information content (AvgIpc) is 3.30. The fourth-order valence-electron chi connectivity index (χ4n) is 4.30. The molecule has 0 radical (unpaired) electrons. The summed E-state index contributed by atoms with van der Waals surface area (Å²) in [7, 11) is 0. The molecule has 2 aromatic carbocycles. The minimum absolute atomic E-state index is 0.0301. The Bertz CT molecular complexity index is 1300. The number of hydrogen-bond donors (Lipinski definition) is 7. The van der Waals surface area contributed by atoms with Gasteiger partial charge in [-0.3, -0.25) is 14.4 Å². The van der Waals surface area contributed by atoms with Crippen molar-refractivity contribution in [2.45, 2.75) is 51.2 Å². The Morgan fingerprint density at radius 1 is 0.872 bits per heavy atom. The lowest BCUT2D eigenvalue weighted by molar-refractivity contribution is -0.142. The third kappa shape index (κ3) is 8.30. The van der Waals surface area contributed by atoms with E-state index >= 15 is 0 Å². The number of para-hydroxylation sites is 1. The molecule has 11 nitrogen and oxygen atoms in total. The van der Waals surface area contributed by atoms with E-state index in [0.29, 0.717) is 12.0 Å². The lowest BCUT2D eigenvalue weighted by atomic mass is 10.00. The van der Waals surface area contributed by atoms with E-state index in [1.54, 1.807) is 18.3 Å². The topological polar surface area (TPSA) is 187 Å². The third-order valence-corrected chi connectivity index (χ3v) is 6.27. The number of hydrogen-bond acceptors (Lipinski definition) is 6. The second-order valence-corrected chi connectivity index (χ2v) is 9.85. The molecule has 0 aliphatic carbocycles. The number of carboxylic acid groups (broad SMARTS) is 1. The van der Waals surface area contributed by atoms with Crippen molar-refractivity contribution >= 4 is 34.6 Å². The van der Waals surface area contributed by atoms with E-state index < -0.39 is 41.8 Å². The van der Waals surface area contributed by atoms with Crippen LogP contribution in [0.5, 0.6) is 5.75 Å². The minimum Gasteiger partial charge on any atom is -0.508 e. The van der Waals surface area contributed by atoms with Crippen molar-refractivity contribution in [3.05, 3.63) is 65.9 Å². The van der Waals surface area contributed by atoms with Gasteiger partial charge in [0, 0.05) is 29.9 Å². The molecule has 11 heteroatoms. The highest BCUT2D eigenvalue weighted by molar-refractivity contribution is 5.94. The third-order valence-electron chi connectivity index (χ3n) is 6.27. The Hall–Kier alpha value is -4.38. The zero-order chi connectivity index (χ0) is 28.5. The summed E-state index contributed by atoms with van der Waals surface area (Å²) in [6.07, 6.45) is 2.10. The number of nitrogens with two attached hydrogens (primary N) is 1. The summed E-state index contributed by atoms with van der Waals surface area (Å²) < 4.78 is 0. The van der Waals surface area contributed by atoms with Gasteiger partial charge in [-0.1, -0.05) is 44.2 Å². The van der Waals surface area contributed by atoms with E-state index in [0.717, 1.165) is 16.5 Å². The van der Waals surface area contributed by atoms with Gasteiger partial charge in [-0.05, 0) is 41.7 Å². The second-order valence-electron chi connectivity index (χ2n) is 9.85. The van der Waals surface area contributed by atoms with Gasteiger partial charge >= 0.3 is 5.97 Å².